The molecule has 0 saturated heterocycles. The Morgan fingerprint density at radius 3 is 2.88 bits per heavy atom. The minimum absolute atomic E-state index is 0.409. The van der Waals surface area contributed by atoms with Gasteiger partial charge in [-0.3, -0.25) is 4.98 Å². The summed E-state index contributed by atoms with van der Waals surface area (Å²) < 4.78 is 5.30. The molecule has 0 bridgehead atoms. The molecule has 0 aliphatic heterocycles. The van der Waals surface area contributed by atoms with Gasteiger partial charge in [-0.15, -0.1) is 11.3 Å². The molecule has 0 aromatic carbocycles. The van der Waals surface area contributed by atoms with Crippen molar-refractivity contribution in [3.8, 4) is 21.8 Å². The van der Waals surface area contributed by atoms with Crippen LogP contribution >= 0.6 is 11.3 Å². The summed E-state index contributed by atoms with van der Waals surface area (Å²) in [7, 11) is 0. The number of nitrogens with two attached hydrogens (primary N) is 1. The van der Waals surface area contributed by atoms with E-state index in [1.54, 1.807) is 23.7 Å². The predicted octanol–water partition coefficient (Wildman–Crippen LogP) is 3.05. The van der Waals surface area contributed by atoms with Gasteiger partial charge in [-0.2, -0.15) is 0 Å². The smallest absolute Gasteiger partial charge is 0.179 e. The molecule has 2 N–H and O–H groups in total. The summed E-state index contributed by atoms with van der Waals surface area (Å²) in [5, 5.41) is 5.83. The average molecular weight is 243 g/mol. The van der Waals surface area contributed by atoms with Crippen LogP contribution in [-0.4, -0.2) is 10.1 Å². The molecular weight excluding hydrogens is 234 g/mol. The maximum Gasteiger partial charge on any atom is 0.179 e. The Balaban J connectivity index is 2.20. The number of nitrogens with zero attached hydrogens (tertiary/aromatic N) is 2. The van der Waals surface area contributed by atoms with Crippen LogP contribution in [0.25, 0.3) is 21.8 Å². The lowest BCUT2D eigenvalue weighted by molar-refractivity contribution is 0.436. The van der Waals surface area contributed by atoms with E-state index in [0.717, 1.165) is 16.0 Å². The molecule has 0 aliphatic rings. The lowest BCUT2D eigenvalue weighted by atomic mass is 10.1. The minimum atomic E-state index is 0.409. The first-order valence-electron chi connectivity index (χ1n) is 5.05. The molecule has 3 aromatic heterocycles. The van der Waals surface area contributed by atoms with Crippen LogP contribution in [0.3, 0.4) is 0 Å². The van der Waals surface area contributed by atoms with E-state index in [-0.39, 0.29) is 0 Å². The van der Waals surface area contributed by atoms with Crippen LogP contribution in [0, 0.1) is 0 Å². The predicted molar refractivity (Wildman–Crippen MR) is 67.5 cm³/mol. The van der Waals surface area contributed by atoms with Crippen molar-refractivity contribution in [2.24, 2.45) is 0 Å². The molecule has 0 amide bonds. The van der Waals surface area contributed by atoms with Crippen LogP contribution < -0.4 is 5.73 Å². The monoisotopic (exact) mass is 243 g/mol. The van der Waals surface area contributed by atoms with Gasteiger partial charge >= 0.3 is 0 Å². The highest BCUT2D eigenvalue weighted by molar-refractivity contribution is 7.13. The number of thiophene rings is 1. The Morgan fingerprint density at radius 2 is 2.18 bits per heavy atom. The number of hydrogen-bond donors (Lipinski definition) is 1. The zero-order valence-corrected chi connectivity index (χ0v) is 9.65. The van der Waals surface area contributed by atoms with Crippen molar-refractivity contribution in [2.75, 3.05) is 5.73 Å². The van der Waals surface area contributed by atoms with Gasteiger partial charge in [0.1, 0.15) is 0 Å². The lowest BCUT2D eigenvalue weighted by Crippen LogP contribution is -1.87. The number of anilines is 1. The van der Waals surface area contributed by atoms with Crippen molar-refractivity contribution in [3.63, 3.8) is 0 Å². The molecule has 0 aliphatic carbocycles. The zero-order valence-electron chi connectivity index (χ0n) is 8.83. The highest BCUT2D eigenvalue weighted by atomic mass is 32.1. The molecule has 0 atom stereocenters. The number of aromatic nitrogens is 2. The summed E-state index contributed by atoms with van der Waals surface area (Å²) >= 11 is 1.60. The second-order valence-corrected chi connectivity index (χ2v) is 4.44. The average Bonchev–Trinajstić information content (AvgIpc) is 2.99. The molecule has 3 heterocycles. The van der Waals surface area contributed by atoms with Crippen LogP contribution in [0.5, 0.6) is 0 Å². The lowest BCUT2D eigenvalue weighted by Gasteiger charge is -1.98. The van der Waals surface area contributed by atoms with Gasteiger partial charge in [-0.1, -0.05) is 11.2 Å². The first-order chi connectivity index (χ1) is 8.36. The SMILES string of the molecule is Nc1noc(-c2cccnc2)c1-c1cccs1. The largest absolute Gasteiger partial charge is 0.380 e. The van der Waals surface area contributed by atoms with Gasteiger partial charge < -0.3 is 10.3 Å². The fourth-order valence-electron chi connectivity index (χ4n) is 1.66. The van der Waals surface area contributed by atoms with E-state index in [1.165, 1.54) is 0 Å². The second-order valence-electron chi connectivity index (χ2n) is 3.49. The Bertz CT molecular complexity index is 617. The number of nitrogen functional groups attached to an aromatic ring is 1. The Morgan fingerprint density at radius 1 is 1.24 bits per heavy atom. The summed E-state index contributed by atoms with van der Waals surface area (Å²) in [5.41, 5.74) is 7.57. The second kappa shape index (κ2) is 4.03. The van der Waals surface area contributed by atoms with Crippen molar-refractivity contribution >= 4 is 17.2 Å². The summed E-state index contributed by atoms with van der Waals surface area (Å²) in [4.78, 5) is 5.11. The molecule has 0 fully saturated rings. The van der Waals surface area contributed by atoms with E-state index >= 15 is 0 Å². The molecule has 3 rings (SSSR count). The van der Waals surface area contributed by atoms with Gasteiger partial charge in [0, 0.05) is 22.8 Å². The van der Waals surface area contributed by atoms with Crippen molar-refractivity contribution in [1.29, 1.82) is 0 Å². The Labute approximate surface area is 102 Å². The van der Waals surface area contributed by atoms with Gasteiger partial charge in [0.2, 0.25) is 0 Å². The van der Waals surface area contributed by atoms with E-state index < -0.39 is 0 Å². The molecule has 4 nitrogen and oxygen atoms in total. The normalized spacial score (nSPS) is 10.6. The third kappa shape index (κ3) is 1.70. The molecule has 0 radical (unpaired) electrons. The molecule has 0 saturated carbocycles. The van der Waals surface area contributed by atoms with E-state index in [9.17, 15) is 0 Å². The Hall–Kier alpha value is -2.14. The third-order valence-corrected chi connectivity index (χ3v) is 3.30. The summed E-state index contributed by atoms with van der Waals surface area (Å²) in [6.45, 7) is 0. The number of pyridine rings is 1. The highest BCUT2D eigenvalue weighted by Crippen LogP contribution is 2.38. The van der Waals surface area contributed by atoms with Crippen molar-refractivity contribution in [1.82, 2.24) is 10.1 Å². The minimum Gasteiger partial charge on any atom is -0.380 e. The molecule has 84 valence electrons. The standard InChI is InChI=1S/C12H9N3OS/c13-12-10(9-4-2-6-17-9)11(16-15-12)8-3-1-5-14-7-8/h1-7H,(H2,13,15). The molecule has 0 unspecified atom stereocenters. The maximum atomic E-state index is 5.85. The van der Waals surface area contributed by atoms with Gasteiger partial charge in [-0.05, 0) is 23.6 Å². The Kier molecular flexibility index (Phi) is 2.38. The fourth-order valence-corrected chi connectivity index (χ4v) is 2.43. The van der Waals surface area contributed by atoms with Crippen LogP contribution in [0.2, 0.25) is 0 Å². The maximum absolute atomic E-state index is 5.85. The first kappa shape index (κ1) is 10.0. The van der Waals surface area contributed by atoms with Crippen LogP contribution in [0.1, 0.15) is 0 Å². The zero-order chi connectivity index (χ0) is 11.7. The third-order valence-electron chi connectivity index (χ3n) is 2.41. The molecule has 0 spiro atoms. The number of hydrogen-bond acceptors (Lipinski definition) is 5. The molecular formula is C12H9N3OS. The van der Waals surface area contributed by atoms with Crippen LogP contribution in [0.4, 0.5) is 5.82 Å². The van der Waals surface area contributed by atoms with E-state index in [1.807, 2.05) is 29.6 Å². The first-order valence-corrected chi connectivity index (χ1v) is 5.93. The van der Waals surface area contributed by atoms with Gasteiger partial charge in [-0.25, -0.2) is 0 Å². The fraction of sp³-hybridized carbons (Fsp3) is 0. The van der Waals surface area contributed by atoms with Crippen LogP contribution in [0.15, 0.2) is 46.6 Å². The molecule has 5 heteroatoms. The van der Waals surface area contributed by atoms with Crippen LogP contribution in [-0.2, 0) is 0 Å². The van der Waals surface area contributed by atoms with E-state index in [2.05, 4.69) is 10.1 Å². The summed E-state index contributed by atoms with van der Waals surface area (Å²) in [6.07, 6.45) is 3.45. The summed E-state index contributed by atoms with van der Waals surface area (Å²) in [6, 6.07) is 7.74. The summed E-state index contributed by atoms with van der Waals surface area (Å²) in [5.74, 6) is 1.07. The highest BCUT2D eigenvalue weighted by Gasteiger charge is 2.18. The van der Waals surface area contributed by atoms with Gasteiger partial charge in [0.15, 0.2) is 11.6 Å². The van der Waals surface area contributed by atoms with Crippen molar-refractivity contribution in [2.45, 2.75) is 0 Å². The number of rotatable bonds is 2. The molecule has 17 heavy (non-hydrogen) atoms. The topological polar surface area (TPSA) is 64.9 Å². The quantitative estimate of drug-likeness (QED) is 0.751. The van der Waals surface area contributed by atoms with E-state index in [4.69, 9.17) is 10.3 Å². The molecule has 3 aromatic rings. The van der Waals surface area contributed by atoms with E-state index in [0.29, 0.717) is 11.6 Å². The van der Waals surface area contributed by atoms with Gasteiger partial charge in [0.05, 0.1) is 5.56 Å². The van der Waals surface area contributed by atoms with Crippen molar-refractivity contribution < 1.29 is 4.52 Å². The van der Waals surface area contributed by atoms with Gasteiger partial charge in [0.25, 0.3) is 0 Å². The van der Waals surface area contributed by atoms with Crippen molar-refractivity contribution in [3.05, 3.63) is 42.0 Å².